The summed E-state index contributed by atoms with van der Waals surface area (Å²) in [5.41, 5.74) is 1.29. The van der Waals surface area contributed by atoms with Gasteiger partial charge in [0, 0.05) is 6.54 Å². The second kappa shape index (κ2) is 3.27. The quantitative estimate of drug-likeness (QED) is 0.604. The van der Waals surface area contributed by atoms with Crippen molar-refractivity contribution < 1.29 is 4.79 Å². The molecule has 1 aromatic rings. The van der Waals surface area contributed by atoms with Crippen molar-refractivity contribution >= 4 is 6.29 Å². The van der Waals surface area contributed by atoms with Crippen molar-refractivity contribution in [3.05, 3.63) is 11.4 Å². The van der Waals surface area contributed by atoms with Crippen LogP contribution in [0.15, 0.2) is 0 Å². The molecule has 0 aromatic carbocycles. The molecule has 0 atom stereocenters. The molecule has 11 heavy (non-hydrogen) atoms. The van der Waals surface area contributed by atoms with E-state index in [1.807, 2.05) is 6.92 Å². The zero-order chi connectivity index (χ0) is 8.27. The summed E-state index contributed by atoms with van der Waals surface area (Å²) in [5.74, 6) is 0. The predicted molar refractivity (Wildman–Crippen MR) is 40.4 cm³/mol. The van der Waals surface area contributed by atoms with Gasteiger partial charge in [-0.15, -0.1) is 5.10 Å². The van der Waals surface area contributed by atoms with Crippen LogP contribution in [0.1, 0.15) is 29.5 Å². The summed E-state index contributed by atoms with van der Waals surface area (Å²) in [6.45, 7) is 4.73. The summed E-state index contributed by atoms with van der Waals surface area (Å²) in [6, 6.07) is 0. The average Bonchev–Trinajstić information content (AvgIpc) is 2.34. The Bertz CT molecular complexity index is 254. The molecular weight excluding hydrogens is 142 g/mol. The number of hydrogen-bond acceptors (Lipinski definition) is 3. The van der Waals surface area contributed by atoms with Crippen LogP contribution in [0.4, 0.5) is 0 Å². The number of aryl methyl sites for hydroxylation is 1. The van der Waals surface area contributed by atoms with E-state index >= 15 is 0 Å². The Balaban J connectivity index is 2.90. The summed E-state index contributed by atoms with van der Waals surface area (Å²) in [4.78, 5) is 10.3. The number of aldehydes is 1. The molecule has 0 radical (unpaired) electrons. The van der Waals surface area contributed by atoms with Gasteiger partial charge in [-0.25, -0.2) is 4.68 Å². The molecule has 4 nitrogen and oxygen atoms in total. The summed E-state index contributed by atoms with van der Waals surface area (Å²) in [5, 5.41) is 7.51. The normalized spacial score (nSPS) is 10.0. The number of carbonyl (C=O) groups is 1. The first-order chi connectivity index (χ1) is 5.29. The van der Waals surface area contributed by atoms with E-state index in [0.717, 1.165) is 24.9 Å². The minimum Gasteiger partial charge on any atom is -0.296 e. The van der Waals surface area contributed by atoms with E-state index in [-0.39, 0.29) is 0 Å². The molecule has 0 amide bonds. The van der Waals surface area contributed by atoms with Gasteiger partial charge < -0.3 is 0 Å². The Kier molecular flexibility index (Phi) is 2.36. The van der Waals surface area contributed by atoms with Crippen molar-refractivity contribution in [1.29, 1.82) is 0 Å². The second-order valence-electron chi connectivity index (χ2n) is 2.40. The lowest BCUT2D eigenvalue weighted by molar-refractivity contribution is 0.111. The van der Waals surface area contributed by atoms with Crippen LogP contribution in [-0.2, 0) is 6.54 Å². The molecule has 1 aromatic heterocycles. The highest BCUT2D eigenvalue weighted by Crippen LogP contribution is 2.00. The summed E-state index contributed by atoms with van der Waals surface area (Å²) >= 11 is 0. The zero-order valence-corrected chi connectivity index (χ0v) is 6.74. The first-order valence-corrected chi connectivity index (χ1v) is 3.64. The molecule has 60 valence electrons. The molecule has 0 fully saturated rings. The Hall–Kier alpha value is -1.19. The van der Waals surface area contributed by atoms with Crippen molar-refractivity contribution in [2.24, 2.45) is 0 Å². The molecule has 4 heteroatoms. The molecule has 0 bridgehead atoms. The molecule has 0 saturated heterocycles. The van der Waals surface area contributed by atoms with Gasteiger partial charge in [-0.3, -0.25) is 4.79 Å². The fourth-order valence-corrected chi connectivity index (χ4v) is 0.907. The van der Waals surface area contributed by atoms with Crippen molar-refractivity contribution in [2.75, 3.05) is 0 Å². The highest BCUT2D eigenvalue weighted by Gasteiger charge is 2.04. The van der Waals surface area contributed by atoms with Crippen LogP contribution in [0.25, 0.3) is 0 Å². The first-order valence-electron chi connectivity index (χ1n) is 3.64. The fraction of sp³-hybridized carbons (Fsp3) is 0.571. The summed E-state index contributed by atoms with van der Waals surface area (Å²) in [6.07, 6.45) is 1.73. The van der Waals surface area contributed by atoms with Gasteiger partial charge in [0.2, 0.25) is 0 Å². The van der Waals surface area contributed by atoms with E-state index in [2.05, 4.69) is 17.2 Å². The molecule has 1 heterocycles. The van der Waals surface area contributed by atoms with Crippen molar-refractivity contribution in [3.63, 3.8) is 0 Å². The molecule has 1 rings (SSSR count). The van der Waals surface area contributed by atoms with Gasteiger partial charge in [0.25, 0.3) is 0 Å². The number of carbonyl (C=O) groups excluding carboxylic acids is 1. The standard InChI is InChI=1S/C7H11N3O/c1-3-4-10-6(2)7(5-11)8-9-10/h5H,3-4H2,1-2H3. The fourth-order valence-electron chi connectivity index (χ4n) is 0.907. The predicted octanol–water partition coefficient (Wildman–Crippen LogP) is 0.809. The van der Waals surface area contributed by atoms with Crippen LogP contribution >= 0.6 is 0 Å². The lowest BCUT2D eigenvalue weighted by Crippen LogP contribution is -2.01. The second-order valence-corrected chi connectivity index (χ2v) is 2.40. The highest BCUT2D eigenvalue weighted by atomic mass is 16.1. The maximum atomic E-state index is 10.3. The summed E-state index contributed by atoms with van der Waals surface area (Å²) < 4.78 is 1.74. The lowest BCUT2D eigenvalue weighted by atomic mass is 10.3. The third kappa shape index (κ3) is 1.45. The number of nitrogens with zero attached hydrogens (tertiary/aromatic N) is 3. The van der Waals surface area contributed by atoms with Gasteiger partial charge in [-0.1, -0.05) is 12.1 Å². The zero-order valence-electron chi connectivity index (χ0n) is 6.74. The van der Waals surface area contributed by atoms with Gasteiger partial charge in [-0.05, 0) is 13.3 Å². The van der Waals surface area contributed by atoms with Gasteiger partial charge in [-0.2, -0.15) is 0 Å². The van der Waals surface area contributed by atoms with E-state index in [9.17, 15) is 4.79 Å². The van der Waals surface area contributed by atoms with E-state index in [0.29, 0.717) is 5.69 Å². The van der Waals surface area contributed by atoms with Crippen LogP contribution in [-0.4, -0.2) is 21.3 Å². The SMILES string of the molecule is CCCn1nnc(C=O)c1C. The lowest BCUT2D eigenvalue weighted by Gasteiger charge is -1.97. The molecule has 0 aliphatic rings. The summed E-state index contributed by atoms with van der Waals surface area (Å²) in [7, 11) is 0. The topological polar surface area (TPSA) is 47.8 Å². The number of aromatic nitrogens is 3. The monoisotopic (exact) mass is 153 g/mol. The van der Waals surface area contributed by atoms with Gasteiger partial charge in [0.15, 0.2) is 6.29 Å². The highest BCUT2D eigenvalue weighted by molar-refractivity contribution is 5.72. The molecular formula is C7H11N3O. The van der Waals surface area contributed by atoms with E-state index in [4.69, 9.17) is 0 Å². The van der Waals surface area contributed by atoms with E-state index in [1.54, 1.807) is 4.68 Å². The number of rotatable bonds is 3. The first kappa shape index (κ1) is 7.91. The molecule has 0 spiro atoms. The van der Waals surface area contributed by atoms with Crippen LogP contribution in [0.3, 0.4) is 0 Å². The smallest absolute Gasteiger partial charge is 0.172 e. The van der Waals surface area contributed by atoms with Crippen LogP contribution in [0.5, 0.6) is 0 Å². The van der Waals surface area contributed by atoms with Crippen LogP contribution in [0.2, 0.25) is 0 Å². The maximum absolute atomic E-state index is 10.3. The van der Waals surface area contributed by atoms with Crippen molar-refractivity contribution in [2.45, 2.75) is 26.8 Å². The largest absolute Gasteiger partial charge is 0.296 e. The van der Waals surface area contributed by atoms with Gasteiger partial charge in [0.05, 0.1) is 5.69 Å². The van der Waals surface area contributed by atoms with Crippen LogP contribution < -0.4 is 0 Å². The van der Waals surface area contributed by atoms with Crippen LogP contribution in [0, 0.1) is 6.92 Å². The average molecular weight is 153 g/mol. The Labute approximate surface area is 65.2 Å². The van der Waals surface area contributed by atoms with E-state index in [1.165, 1.54) is 0 Å². The van der Waals surface area contributed by atoms with E-state index < -0.39 is 0 Å². The third-order valence-corrected chi connectivity index (χ3v) is 1.57. The Morgan fingerprint density at radius 2 is 2.36 bits per heavy atom. The molecule has 0 aliphatic carbocycles. The minimum atomic E-state index is 0.443. The Morgan fingerprint density at radius 1 is 1.64 bits per heavy atom. The molecule has 0 saturated carbocycles. The Morgan fingerprint density at radius 3 is 2.82 bits per heavy atom. The minimum absolute atomic E-state index is 0.443. The van der Waals surface area contributed by atoms with Gasteiger partial charge >= 0.3 is 0 Å². The van der Waals surface area contributed by atoms with Crippen molar-refractivity contribution in [1.82, 2.24) is 15.0 Å². The van der Waals surface area contributed by atoms with Crippen molar-refractivity contribution in [3.8, 4) is 0 Å². The molecule has 0 aliphatic heterocycles. The molecule has 0 N–H and O–H groups in total. The third-order valence-electron chi connectivity index (χ3n) is 1.57. The maximum Gasteiger partial charge on any atom is 0.172 e. The van der Waals surface area contributed by atoms with Gasteiger partial charge in [0.1, 0.15) is 5.69 Å². The number of hydrogen-bond donors (Lipinski definition) is 0. The molecule has 0 unspecified atom stereocenters.